The number of ether oxygens (including phenoxy) is 2. The van der Waals surface area contributed by atoms with Crippen molar-refractivity contribution in [2.45, 2.75) is 52.4 Å². The first-order chi connectivity index (χ1) is 14.0. The second-order valence-electron chi connectivity index (χ2n) is 7.05. The van der Waals surface area contributed by atoms with Gasteiger partial charge in [0.25, 0.3) is 0 Å². The molecule has 1 heterocycles. The van der Waals surface area contributed by atoms with Crippen LogP contribution in [0.25, 0.3) is 0 Å². The molecule has 0 radical (unpaired) electrons. The van der Waals surface area contributed by atoms with Gasteiger partial charge in [0.1, 0.15) is 10.8 Å². The van der Waals surface area contributed by atoms with Crippen LogP contribution in [0.2, 0.25) is 5.02 Å². The summed E-state index contributed by atoms with van der Waals surface area (Å²) in [5.41, 5.74) is 2.56. The quantitative estimate of drug-likeness (QED) is 0.435. The second kappa shape index (κ2) is 10.1. The molecule has 0 aliphatic heterocycles. The number of amides is 1. The highest BCUT2D eigenvalue weighted by Gasteiger charge is 2.27. The minimum Gasteiger partial charge on any atom is -0.493 e. The number of hydrogen-bond acceptors (Lipinski definition) is 5. The molecular formula is C22H26ClNO4S. The molecule has 1 amide bonds. The molecule has 0 saturated carbocycles. The largest absolute Gasteiger partial charge is 0.493 e. The smallest absolute Gasteiger partial charge is 0.341 e. The number of hydrogen-bond donors (Lipinski definition) is 1. The number of nitrogens with one attached hydrogen (secondary N) is 1. The predicted octanol–water partition coefficient (Wildman–Crippen LogP) is 5.56. The molecule has 1 aliphatic rings. The van der Waals surface area contributed by atoms with Crippen molar-refractivity contribution in [3.05, 3.63) is 44.8 Å². The second-order valence-corrected chi connectivity index (χ2v) is 8.59. The molecule has 156 valence electrons. The van der Waals surface area contributed by atoms with Gasteiger partial charge < -0.3 is 14.8 Å². The fourth-order valence-electron chi connectivity index (χ4n) is 3.45. The molecule has 3 rings (SSSR count). The van der Waals surface area contributed by atoms with Crippen molar-refractivity contribution in [2.24, 2.45) is 0 Å². The van der Waals surface area contributed by atoms with Gasteiger partial charge in [0.2, 0.25) is 5.91 Å². The molecule has 1 aromatic heterocycles. The van der Waals surface area contributed by atoms with Gasteiger partial charge in [-0.3, -0.25) is 4.79 Å². The monoisotopic (exact) mass is 435 g/mol. The Bertz CT molecular complexity index is 893. The lowest BCUT2D eigenvalue weighted by Crippen LogP contribution is -2.16. The van der Waals surface area contributed by atoms with Crippen LogP contribution < -0.4 is 10.1 Å². The van der Waals surface area contributed by atoms with Crippen molar-refractivity contribution < 1.29 is 19.1 Å². The molecule has 0 unspecified atom stereocenters. The molecule has 1 aliphatic carbocycles. The van der Waals surface area contributed by atoms with E-state index >= 15 is 0 Å². The van der Waals surface area contributed by atoms with Crippen molar-refractivity contribution in [1.29, 1.82) is 0 Å². The minimum atomic E-state index is -0.344. The zero-order chi connectivity index (χ0) is 20.8. The number of carbonyl (C=O) groups excluding carboxylic acids is 2. The molecule has 0 fully saturated rings. The van der Waals surface area contributed by atoms with E-state index in [4.69, 9.17) is 21.1 Å². The maximum atomic E-state index is 12.5. The number of benzene rings is 1. The van der Waals surface area contributed by atoms with Crippen molar-refractivity contribution in [3.8, 4) is 5.75 Å². The zero-order valence-electron chi connectivity index (χ0n) is 16.8. The third-order valence-electron chi connectivity index (χ3n) is 4.85. The third-order valence-corrected chi connectivity index (χ3v) is 6.29. The van der Waals surface area contributed by atoms with Crippen molar-refractivity contribution in [3.63, 3.8) is 0 Å². The van der Waals surface area contributed by atoms with E-state index < -0.39 is 0 Å². The van der Waals surface area contributed by atoms with Gasteiger partial charge in [-0.05, 0) is 75.3 Å². The molecule has 1 aromatic carbocycles. The first-order valence-corrected chi connectivity index (χ1v) is 11.2. The Morgan fingerprint density at radius 3 is 2.79 bits per heavy atom. The number of thiophene rings is 1. The average molecular weight is 436 g/mol. The van der Waals surface area contributed by atoms with Gasteiger partial charge in [-0.15, -0.1) is 11.3 Å². The molecular weight excluding hydrogens is 410 g/mol. The molecule has 0 atom stereocenters. The molecule has 29 heavy (non-hydrogen) atoms. The summed E-state index contributed by atoms with van der Waals surface area (Å²) in [6.45, 7) is 4.47. The van der Waals surface area contributed by atoms with Gasteiger partial charge >= 0.3 is 5.97 Å². The summed E-state index contributed by atoms with van der Waals surface area (Å²) in [6, 6.07) is 5.46. The first-order valence-electron chi connectivity index (χ1n) is 10.00. The number of anilines is 1. The average Bonchev–Trinajstić information content (AvgIpc) is 3.04. The lowest BCUT2D eigenvalue weighted by Gasteiger charge is -2.12. The lowest BCUT2D eigenvalue weighted by atomic mass is 9.95. The van der Waals surface area contributed by atoms with Crippen LogP contribution in [-0.2, 0) is 22.4 Å². The van der Waals surface area contributed by atoms with Gasteiger partial charge in [-0.2, -0.15) is 0 Å². The van der Waals surface area contributed by atoms with Crippen LogP contribution in [0.4, 0.5) is 5.00 Å². The van der Waals surface area contributed by atoms with Gasteiger partial charge in [0, 0.05) is 16.3 Å². The Labute approximate surface area is 180 Å². The van der Waals surface area contributed by atoms with E-state index in [9.17, 15) is 9.59 Å². The number of carbonyl (C=O) groups is 2. The van der Waals surface area contributed by atoms with Gasteiger partial charge in [0.15, 0.2) is 0 Å². The molecule has 1 N–H and O–H groups in total. The summed E-state index contributed by atoms with van der Waals surface area (Å²) in [5.74, 6) is 0.305. The molecule has 0 bridgehead atoms. The Balaban J connectivity index is 1.57. The van der Waals surface area contributed by atoms with E-state index in [1.807, 2.05) is 19.1 Å². The number of halogens is 1. The maximum Gasteiger partial charge on any atom is 0.341 e. The highest BCUT2D eigenvalue weighted by Crippen LogP contribution is 2.38. The van der Waals surface area contributed by atoms with Gasteiger partial charge in [-0.25, -0.2) is 4.79 Å². The van der Waals surface area contributed by atoms with Crippen LogP contribution in [0, 0.1) is 6.92 Å². The van der Waals surface area contributed by atoms with Crippen molar-refractivity contribution >= 4 is 39.8 Å². The summed E-state index contributed by atoms with van der Waals surface area (Å²) in [7, 11) is 0. The molecule has 0 spiro atoms. The van der Waals surface area contributed by atoms with Crippen LogP contribution in [0.1, 0.15) is 59.0 Å². The van der Waals surface area contributed by atoms with E-state index in [1.54, 1.807) is 13.0 Å². The van der Waals surface area contributed by atoms with E-state index in [0.29, 0.717) is 41.6 Å². The normalized spacial score (nSPS) is 12.9. The van der Waals surface area contributed by atoms with Crippen LogP contribution in [0.5, 0.6) is 5.75 Å². The van der Waals surface area contributed by atoms with Crippen molar-refractivity contribution in [2.75, 3.05) is 18.5 Å². The Hall–Kier alpha value is -2.05. The fourth-order valence-corrected chi connectivity index (χ4v) is 4.97. The Morgan fingerprint density at radius 2 is 2.03 bits per heavy atom. The van der Waals surface area contributed by atoms with Crippen LogP contribution >= 0.6 is 22.9 Å². The minimum absolute atomic E-state index is 0.120. The van der Waals surface area contributed by atoms with E-state index in [1.165, 1.54) is 16.2 Å². The summed E-state index contributed by atoms with van der Waals surface area (Å²) >= 11 is 7.46. The van der Waals surface area contributed by atoms with Crippen molar-refractivity contribution in [1.82, 2.24) is 0 Å². The summed E-state index contributed by atoms with van der Waals surface area (Å²) in [4.78, 5) is 26.1. The number of rotatable bonds is 8. The standard InChI is InChI=1S/C22H26ClNO4S/c1-3-27-22(26)20-16-7-4-5-8-18(16)29-21(20)24-19(25)9-6-12-28-17-11-10-15(23)13-14(17)2/h10-11,13H,3-9,12H2,1-2H3,(H,24,25). The maximum absolute atomic E-state index is 12.5. The van der Waals surface area contributed by atoms with Crippen LogP contribution in [0.15, 0.2) is 18.2 Å². The van der Waals surface area contributed by atoms with Gasteiger partial charge in [-0.1, -0.05) is 11.6 Å². The van der Waals surface area contributed by atoms with Crippen LogP contribution in [0.3, 0.4) is 0 Å². The van der Waals surface area contributed by atoms with Crippen LogP contribution in [-0.4, -0.2) is 25.1 Å². The summed E-state index contributed by atoms with van der Waals surface area (Å²) in [5, 5.41) is 4.22. The Kier molecular flexibility index (Phi) is 7.56. The summed E-state index contributed by atoms with van der Waals surface area (Å²) < 4.78 is 11.0. The zero-order valence-corrected chi connectivity index (χ0v) is 18.4. The van der Waals surface area contributed by atoms with E-state index in [-0.39, 0.29) is 11.9 Å². The fraction of sp³-hybridized carbons (Fsp3) is 0.455. The van der Waals surface area contributed by atoms with E-state index in [2.05, 4.69) is 5.32 Å². The molecule has 2 aromatic rings. The number of aryl methyl sites for hydroxylation is 2. The SMILES string of the molecule is CCOC(=O)c1c(NC(=O)CCCOc2ccc(Cl)cc2C)sc2c1CCCC2. The highest BCUT2D eigenvalue weighted by atomic mass is 35.5. The number of fused-ring (bicyclic) bond motifs is 1. The predicted molar refractivity (Wildman–Crippen MR) is 116 cm³/mol. The van der Waals surface area contributed by atoms with Gasteiger partial charge in [0.05, 0.1) is 18.8 Å². The molecule has 5 nitrogen and oxygen atoms in total. The number of esters is 1. The lowest BCUT2D eigenvalue weighted by molar-refractivity contribution is -0.116. The topological polar surface area (TPSA) is 64.6 Å². The third kappa shape index (κ3) is 5.52. The highest BCUT2D eigenvalue weighted by molar-refractivity contribution is 7.17. The molecule has 7 heteroatoms. The Morgan fingerprint density at radius 1 is 1.24 bits per heavy atom. The van der Waals surface area contributed by atoms with E-state index in [0.717, 1.165) is 42.6 Å². The summed E-state index contributed by atoms with van der Waals surface area (Å²) in [6.07, 6.45) is 4.89. The molecule has 0 saturated heterocycles. The first kappa shape index (κ1) is 21.7.